The molecule has 6 nitrogen and oxygen atoms in total. The number of carbonyl (C=O) groups is 2. The third-order valence-electron chi connectivity index (χ3n) is 2.20. The molecule has 0 bridgehead atoms. The van der Waals surface area contributed by atoms with Gasteiger partial charge in [-0.15, -0.1) is 0 Å². The van der Waals surface area contributed by atoms with Crippen LogP contribution in [0.2, 0.25) is 0 Å². The molecule has 2 unspecified atom stereocenters. The van der Waals surface area contributed by atoms with Crippen molar-refractivity contribution in [2.45, 2.75) is 51.6 Å². The monoisotopic (exact) mass is 250 g/mol. The lowest BCUT2D eigenvalue weighted by Gasteiger charge is -2.07. The largest absolute Gasteiger partial charge is 0.341 e. The third-order valence-corrected chi connectivity index (χ3v) is 2.20. The Kier molecular flexibility index (Phi) is 7.96. The summed E-state index contributed by atoms with van der Waals surface area (Å²) >= 11 is 0. The first-order valence-corrected chi connectivity index (χ1v) is 5.87. The van der Waals surface area contributed by atoms with E-state index in [9.17, 15) is 9.59 Å². The van der Waals surface area contributed by atoms with Crippen molar-refractivity contribution >= 4 is 11.8 Å². The first-order valence-electron chi connectivity index (χ1n) is 5.87. The fourth-order valence-corrected chi connectivity index (χ4v) is 1.26. The molecule has 18 heavy (non-hydrogen) atoms. The SMILES string of the molecule is CC(C#N)NC(=O)CCCCC(=O)NC(C)C#N. The Morgan fingerprint density at radius 2 is 1.28 bits per heavy atom. The van der Waals surface area contributed by atoms with E-state index in [1.54, 1.807) is 13.8 Å². The van der Waals surface area contributed by atoms with Gasteiger partial charge in [0.05, 0.1) is 12.1 Å². The average molecular weight is 250 g/mol. The van der Waals surface area contributed by atoms with Crippen molar-refractivity contribution in [3.8, 4) is 12.1 Å². The Bertz CT molecular complexity index is 331. The second-order valence-corrected chi connectivity index (χ2v) is 4.04. The molecule has 0 aromatic heterocycles. The van der Waals surface area contributed by atoms with Crippen LogP contribution in [0.25, 0.3) is 0 Å². The van der Waals surface area contributed by atoms with E-state index in [0.717, 1.165) is 0 Å². The molecule has 0 aliphatic rings. The van der Waals surface area contributed by atoms with Crippen molar-refractivity contribution in [2.75, 3.05) is 0 Å². The van der Waals surface area contributed by atoms with Crippen LogP contribution in [0.1, 0.15) is 39.5 Å². The molecule has 0 saturated carbocycles. The molecule has 0 rings (SSSR count). The number of nitrogens with zero attached hydrogens (tertiary/aromatic N) is 2. The normalized spacial score (nSPS) is 12.7. The molecule has 0 heterocycles. The number of rotatable bonds is 7. The second-order valence-electron chi connectivity index (χ2n) is 4.04. The van der Waals surface area contributed by atoms with Gasteiger partial charge in [0, 0.05) is 12.8 Å². The number of hydrogen-bond donors (Lipinski definition) is 2. The predicted molar refractivity (Wildman–Crippen MR) is 64.9 cm³/mol. The number of hydrogen-bond acceptors (Lipinski definition) is 4. The smallest absolute Gasteiger partial charge is 0.221 e. The van der Waals surface area contributed by atoms with Gasteiger partial charge < -0.3 is 10.6 Å². The van der Waals surface area contributed by atoms with Gasteiger partial charge in [-0.3, -0.25) is 9.59 Å². The maximum Gasteiger partial charge on any atom is 0.221 e. The lowest BCUT2D eigenvalue weighted by Crippen LogP contribution is -2.32. The van der Waals surface area contributed by atoms with Crippen LogP contribution in [0.15, 0.2) is 0 Å². The van der Waals surface area contributed by atoms with E-state index in [1.807, 2.05) is 12.1 Å². The van der Waals surface area contributed by atoms with E-state index in [4.69, 9.17) is 10.5 Å². The van der Waals surface area contributed by atoms with Gasteiger partial charge in [0.25, 0.3) is 0 Å². The zero-order valence-electron chi connectivity index (χ0n) is 10.7. The number of nitrogens with one attached hydrogen (secondary N) is 2. The Morgan fingerprint density at radius 3 is 1.56 bits per heavy atom. The Balaban J connectivity index is 3.63. The van der Waals surface area contributed by atoms with E-state index in [2.05, 4.69) is 10.6 Å². The van der Waals surface area contributed by atoms with Crippen molar-refractivity contribution < 1.29 is 9.59 Å². The fraction of sp³-hybridized carbons (Fsp3) is 0.667. The van der Waals surface area contributed by atoms with Gasteiger partial charge in [0.15, 0.2) is 0 Å². The van der Waals surface area contributed by atoms with Crippen molar-refractivity contribution in [3.63, 3.8) is 0 Å². The summed E-state index contributed by atoms with van der Waals surface area (Å²) in [6.07, 6.45) is 1.76. The van der Waals surface area contributed by atoms with E-state index < -0.39 is 12.1 Å². The van der Waals surface area contributed by atoms with Crippen LogP contribution >= 0.6 is 0 Å². The molecule has 6 heteroatoms. The molecule has 0 aromatic rings. The first-order chi connectivity index (χ1) is 8.49. The van der Waals surface area contributed by atoms with E-state index in [1.165, 1.54) is 0 Å². The number of nitriles is 2. The Labute approximate surface area is 107 Å². The summed E-state index contributed by atoms with van der Waals surface area (Å²) < 4.78 is 0. The van der Waals surface area contributed by atoms with E-state index >= 15 is 0 Å². The molecule has 2 amide bonds. The summed E-state index contributed by atoms with van der Waals surface area (Å²) in [5.41, 5.74) is 0. The number of amides is 2. The van der Waals surface area contributed by atoms with Gasteiger partial charge in [-0.1, -0.05) is 0 Å². The topological polar surface area (TPSA) is 106 Å². The highest BCUT2D eigenvalue weighted by molar-refractivity contribution is 5.77. The minimum Gasteiger partial charge on any atom is -0.341 e. The maximum atomic E-state index is 11.3. The molecule has 0 aromatic carbocycles. The molecular weight excluding hydrogens is 232 g/mol. The van der Waals surface area contributed by atoms with Crippen molar-refractivity contribution in [1.82, 2.24) is 10.6 Å². The van der Waals surface area contributed by atoms with Gasteiger partial charge in [0.2, 0.25) is 11.8 Å². The molecule has 2 N–H and O–H groups in total. The molecule has 0 spiro atoms. The highest BCUT2D eigenvalue weighted by Gasteiger charge is 2.08. The van der Waals surface area contributed by atoms with Crippen molar-refractivity contribution in [3.05, 3.63) is 0 Å². The Morgan fingerprint density at radius 1 is 0.944 bits per heavy atom. The van der Waals surface area contributed by atoms with Crippen LogP contribution in [0.5, 0.6) is 0 Å². The molecule has 0 radical (unpaired) electrons. The number of carbonyl (C=O) groups excluding carboxylic acids is 2. The summed E-state index contributed by atoms with van der Waals surface area (Å²) in [6.45, 7) is 3.21. The summed E-state index contributed by atoms with van der Waals surface area (Å²) in [6, 6.07) is 2.83. The first kappa shape index (κ1) is 15.9. The fourth-order valence-electron chi connectivity index (χ4n) is 1.26. The zero-order valence-corrected chi connectivity index (χ0v) is 10.7. The molecule has 0 fully saturated rings. The van der Waals surface area contributed by atoms with Gasteiger partial charge in [-0.2, -0.15) is 10.5 Å². The Hall–Kier alpha value is -2.08. The summed E-state index contributed by atoms with van der Waals surface area (Å²) in [5.74, 6) is -0.371. The predicted octanol–water partition coefficient (Wildman–Crippen LogP) is 0.603. The van der Waals surface area contributed by atoms with Crippen LogP contribution in [0, 0.1) is 22.7 Å². The zero-order chi connectivity index (χ0) is 14.0. The highest BCUT2D eigenvalue weighted by atomic mass is 16.2. The molecule has 0 saturated heterocycles. The second kappa shape index (κ2) is 9.00. The van der Waals surface area contributed by atoms with Crippen molar-refractivity contribution in [1.29, 1.82) is 10.5 Å². The number of unbranched alkanes of at least 4 members (excludes halogenated alkanes) is 1. The standard InChI is InChI=1S/C12H18N4O2/c1-9(7-13)15-11(17)5-3-4-6-12(18)16-10(2)8-14/h9-10H,3-6H2,1-2H3,(H,15,17)(H,16,18). The highest BCUT2D eigenvalue weighted by Crippen LogP contribution is 2.00. The van der Waals surface area contributed by atoms with Gasteiger partial charge in [-0.25, -0.2) is 0 Å². The minimum atomic E-state index is -0.489. The molecule has 2 atom stereocenters. The van der Waals surface area contributed by atoms with Crippen LogP contribution in [0.4, 0.5) is 0 Å². The molecular formula is C12H18N4O2. The summed E-state index contributed by atoms with van der Waals surface area (Å²) in [4.78, 5) is 22.6. The molecule has 98 valence electrons. The van der Waals surface area contributed by atoms with Crippen LogP contribution in [0.3, 0.4) is 0 Å². The van der Waals surface area contributed by atoms with Gasteiger partial charge in [-0.05, 0) is 26.7 Å². The third kappa shape index (κ3) is 8.12. The van der Waals surface area contributed by atoms with Crippen molar-refractivity contribution in [2.24, 2.45) is 0 Å². The lowest BCUT2D eigenvalue weighted by atomic mass is 10.1. The quantitative estimate of drug-likeness (QED) is 0.645. The molecule has 0 aliphatic carbocycles. The minimum absolute atomic E-state index is 0.185. The van der Waals surface area contributed by atoms with E-state index in [-0.39, 0.29) is 11.8 Å². The summed E-state index contributed by atoms with van der Waals surface area (Å²) in [7, 11) is 0. The van der Waals surface area contributed by atoms with E-state index in [0.29, 0.717) is 25.7 Å². The van der Waals surface area contributed by atoms with Crippen LogP contribution in [-0.4, -0.2) is 23.9 Å². The van der Waals surface area contributed by atoms with Crippen LogP contribution in [-0.2, 0) is 9.59 Å². The lowest BCUT2D eigenvalue weighted by molar-refractivity contribution is -0.123. The average Bonchev–Trinajstić information content (AvgIpc) is 2.34. The van der Waals surface area contributed by atoms with Crippen LogP contribution < -0.4 is 10.6 Å². The van der Waals surface area contributed by atoms with Gasteiger partial charge >= 0.3 is 0 Å². The summed E-state index contributed by atoms with van der Waals surface area (Å²) in [5, 5.41) is 22.0. The maximum absolute atomic E-state index is 11.3. The van der Waals surface area contributed by atoms with Gasteiger partial charge in [0.1, 0.15) is 12.1 Å². The molecule has 0 aliphatic heterocycles.